The van der Waals surface area contributed by atoms with Gasteiger partial charge in [0.25, 0.3) is 0 Å². The third kappa shape index (κ3) is 2.10. The minimum atomic E-state index is 0.642. The SMILES string of the molecule is Cn1c2ccccc2c2c(NC3CCCCC3)cccc21. The molecule has 21 heavy (non-hydrogen) atoms. The van der Waals surface area contributed by atoms with Crippen LogP contribution in [0.3, 0.4) is 0 Å². The molecule has 0 amide bonds. The number of hydrogen-bond donors (Lipinski definition) is 1. The minimum absolute atomic E-state index is 0.642. The zero-order valence-electron chi connectivity index (χ0n) is 12.6. The summed E-state index contributed by atoms with van der Waals surface area (Å²) in [5, 5.41) is 6.55. The Labute approximate surface area is 125 Å². The monoisotopic (exact) mass is 278 g/mol. The summed E-state index contributed by atoms with van der Waals surface area (Å²) < 4.78 is 2.30. The Balaban J connectivity index is 1.86. The molecule has 1 heterocycles. The minimum Gasteiger partial charge on any atom is -0.382 e. The third-order valence-corrected chi connectivity index (χ3v) is 4.90. The van der Waals surface area contributed by atoms with Crippen LogP contribution in [0.2, 0.25) is 0 Å². The average Bonchev–Trinajstić information content (AvgIpc) is 2.83. The van der Waals surface area contributed by atoms with Crippen LogP contribution in [0.25, 0.3) is 21.8 Å². The molecule has 2 nitrogen and oxygen atoms in total. The quantitative estimate of drug-likeness (QED) is 0.692. The molecule has 3 aromatic rings. The van der Waals surface area contributed by atoms with Gasteiger partial charge in [0.1, 0.15) is 0 Å². The van der Waals surface area contributed by atoms with Crippen molar-refractivity contribution in [1.82, 2.24) is 4.57 Å². The highest BCUT2D eigenvalue weighted by atomic mass is 15.0. The number of anilines is 1. The van der Waals surface area contributed by atoms with Crippen LogP contribution in [0.5, 0.6) is 0 Å². The van der Waals surface area contributed by atoms with E-state index in [9.17, 15) is 0 Å². The molecule has 108 valence electrons. The normalized spacial score (nSPS) is 16.6. The fourth-order valence-electron chi connectivity index (χ4n) is 3.80. The average molecular weight is 278 g/mol. The van der Waals surface area contributed by atoms with E-state index >= 15 is 0 Å². The van der Waals surface area contributed by atoms with Crippen LogP contribution in [0.1, 0.15) is 32.1 Å². The topological polar surface area (TPSA) is 17.0 Å². The summed E-state index contributed by atoms with van der Waals surface area (Å²) in [7, 11) is 2.16. The lowest BCUT2D eigenvalue weighted by molar-refractivity contribution is 0.463. The van der Waals surface area contributed by atoms with E-state index < -0.39 is 0 Å². The molecule has 0 unspecified atom stereocenters. The number of rotatable bonds is 2. The van der Waals surface area contributed by atoms with Crippen LogP contribution in [0, 0.1) is 0 Å². The van der Waals surface area contributed by atoms with Crippen LogP contribution in [0.15, 0.2) is 42.5 Å². The van der Waals surface area contributed by atoms with Gasteiger partial charge in [-0.25, -0.2) is 0 Å². The number of aromatic nitrogens is 1. The maximum Gasteiger partial charge on any atom is 0.0509 e. The van der Waals surface area contributed by atoms with Crippen LogP contribution in [-0.4, -0.2) is 10.6 Å². The molecule has 2 aromatic carbocycles. The molecule has 2 heteroatoms. The first-order valence-corrected chi connectivity index (χ1v) is 8.07. The fraction of sp³-hybridized carbons (Fsp3) is 0.368. The second kappa shape index (κ2) is 5.10. The zero-order chi connectivity index (χ0) is 14.2. The summed E-state index contributed by atoms with van der Waals surface area (Å²) in [6, 6.07) is 16.0. The number of fused-ring (bicyclic) bond motifs is 3. The molecule has 1 aromatic heterocycles. The van der Waals surface area contributed by atoms with Gasteiger partial charge in [0.2, 0.25) is 0 Å². The molecule has 1 aliphatic rings. The Kier molecular flexibility index (Phi) is 3.10. The zero-order valence-corrected chi connectivity index (χ0v) is 12.6. The smallest absolute Gasteiger partial charge is 0.0509 e. The molecule has 0 bridgehead atoms. The highest BCUT2D eigenvalue weighted by Gasteiger charge is 2.16. The van der Waals surface area contributed by atoms with Crippen molar-refractivity contribution < 1.29 is 0 Å². The third-order valence-electron chi connectivity index (χ3n) is 4.90. The lowest BCUT2D eigenvalue weighted by Gasteiger charge is -2.24. The standard InChI is InChI=1S/C19H22N2/c1-21-17-12-6-5-10-15(17)19-16(11-7-13-18(19)21)20-14-8-3-2-4-9-14/h5-7,10-14,20H,2-4,8-9H2,1H3. The van der Waals surface area contributed by atoms with Crippen molar-refractivity contribution in [3.05, 3.63) is 42.5 Å². The van der Waals surface area contributed by atoms with Crippen molar-refractivity contribution in [3.8, 4) is 0 Å². The highest BCUT2D eigenvalue weighted by Crippen LogP contribution is 2.34. The van der Waals surface area contributed by atoms with Gasteiger partial charge in [-0.05, 0) is 31.0 Å². The van der Waals surface area contributed by atoms with Gasteiger partial charge in [0.05, 0.1) is 5.52 Å². The van der Waals surface area contributed by atoms with Gasteiger partial charge in [0, 0.05) is 35.1 Å². The Morgan fingerprint density at radius 2 is 1.67 bits per heavy atom. The van der Waals surface area contributed by atoms with Gasteiger partial charge in [0.15, 0.2) is 0 Å². The molecular weight excluding hydrogens is 256 g/mol. The van der Waals surface area contributed by atoms with Crippen LogP contribution < -0.4 is 5.32 Å². The fourth-order valence-corrected chi connectivity index (χ4v) is 3.80. The molecule has 1 N–H and O–H groups in total. The van der Waals surface area contributed by atoms with Crippen molar-refractivity contribution in [3.63, 3.8) is 0 Å². The van der Waals surface area contributed by atoms with Crippen LogP contribution in [-0.2, 0) is 7.05 Å². The molecule has 0 atom stereocenters. The van der Waals surface area contributed by atoms with E-state index in [4.69, 9.17) is 0 Å². The Bertz CT molecular complexity index is 779. The van der Waals surface area contributed by atoms with Gasteiger partial charge < -0.3 is 9.88 Å². The number of para-hydroxylation sites is 1. The summed E-state index contributed by atoms with van der Waals surface area (Å²) in [5.74, 6) is 0. The lowest BCUT2D eigenvalue weighted by atomic mass is 9.95. The number of benzene rings is 2. The Morgan fingerprint density at radius 3 is 2.52 bits per heavy atom. The van der Waals surface area contributed by atoms with E-state index in [-0.39, 0.29) is 0 Å². The number of nitrogens with zero attached hydrogens (tertiary/aromatic N) is 1. The first kappa shape index (κ1) is 12.8. The van der Waals surface area contributed by atoms with Gasteiger partial charge in [-0.1, -0.05) is 43.5 Å². The van der Waals surface area contributed by atoms with E-state index in [0.29, 0.717) is 6.04 Å². The van der Waals surface area contributed by atoms with Crippen LogP contribution in [0.4, 0.5) is 5.69 Å². The van der Waals surface area contributed by atoms with Crippen molar-refractivity contribution in [2.24, 2.45) is 7.05 Å². The predicted molar refractivity (Wildman–Crippen MR) is 90.9 cm³/mol. The molecule has 4 rings (SSSR count). The van der Waals surface area contributed by atoms with E-state index in [0.717, 1.165) is 0 Å². The van der Waals surface area contributed by atoms with Crippen molar-refractivity contribution in [2.45, 2.75) is 38.1 Å². The molecule has 0 radical (unpaired) electrons. The molecule has 1 fully saturated rings. The first-order valence-electron chi connectivity index (χ1n) is 8.07. The second-order valence-electron chi connectivity index (χ2n) is 6.26. The summed E-state index contributed by atoms with van der Waals surface area (Å²) in [6.45, 7) is 0. The molecule has 1 aliphatic carbocycles. The van der Waals surface area contributed by atoms with Crippen molar-refractivity contribution in [1.29, 1.82) is 0 Å². The Hall–Kier alpha value is -1.96. The highest BCUT2D eigenvalue weighted by molar-refractivity contribution is 6.13. The Morgan fingerprint density at radius 1 is 0.905 bits per heavy atom. The van der Waals surface area contributed by atoms with E-state index in [1.54, 1.807) is 0 Å². The largest absolute Gasteiger partial charge is 0.382 e. The molecule has 0 spiro atoms. The molecule has 1 saturated carbocycles. The number of nitrogens with one attached hydrogen (secondary N) is 1. The van der Waals surface area contributed by atoms with Crippen molar-refractivity contribution in [2.75, 3.05) is 5.32 Å². The lowest BCUT2D eigenvalue weighted by Crippen LogP contribution is -2.22. The van der Waals surface area contributed by atoms with Gasteiger partial charge in [-0.2, -0.15) is 0 Å². The van der Waals surface area contributed by atoms with Crippen LogP contribution >= 0.6 is 0 Å². The summed E-state index contributed by atoms with van der Waals surface area (Å²) in [6.07, 6.45) is 6.74. The van der Waals surface area contributed by atoms with Gasteiger partial charge >= 0.3 is 0 Å². The molecular formula is C19H22N2. The number of hydrogen-bond acceptors (Lipinski definition) is 1. The van der Waals surface area contributed by atoms with Crippen molar-refractivity contribution >= 4 is 27.5 Å². The van der Waals surface area contributed by atoms with E-state index in [2.05, 4.69) is 59.4 Å². The van der Waals surface area contributed by atoms with E-state index in [1.165, 1.54) is 59.6 Å². The summed E-state index contributed by atoms with van der Waals surface area (Å²) >= 11 is 0. The molecule has 0 aliphatic heterocycles. The van der Waals surface area contributed by atoms with Gasteiger partial charge in [-0.15, -0.1) is 0 Å². The maximum absolute atomic E-state index is 3.82. The summed E-state index contributed by atoms with van der Waals surface area (Å²) in [5.41, 5.74) is 3.93. The van der Waals surface area contributed by atoms with E-state index in [1.807, 2.05) is 0 Å². The van der Waals surface area contributed by atoms with Gasteiger partial charge in [-0.3, -0.25) is 0 Å². The summed E-state index contributed by atoms with van der Waals surface area (Å²) in [4.78, 5) is 0. The predicted octanol–water partition coefficient (Wildman–Crippen LogP) is 5.08. The molecule has 0 saturated heterocycles. The first-order chi connectivity index (χ1) is 10.3. The second-order valence-corrected chi connectivity index (χ2v) is 6.26. The maximum atomic E-state index is 3.82. The number of aryl methyl sites for hydroxylation is 1.